The predicted octanol–water partition coefficient (Wildman–Crippen LogP) is 1.08. The van der Waals surface area contributed by atoms with Gasteiger partial charge in [-0.05, 0) is 31.9 Å². The number of carboxylic acids is 1. The fourth-order valence-corrected chi connectivity index (χ4v) is 1.97. The van der Waals surface area contributed by atoms with Crippen LogP contribution >= 0.6 is 0 Å². The van der Waals surface area contributed by atoms with Gasteiger partial charge in [0, 0.05) is 18.8 Å². The minimum absolute atomic E-state index is 0.0663. The van der Waals surface area contributed by atoms with Crippen LogP contribution in [0.3, 0.4) is 0 Å². The number of aromatic nitrogens is 1. The molecule has 1 fully saturated rings. The summed E-state index contributed by atoms with van der Waals surface area (Å²) in [6.07, 6.45) is 3.04. The molecule has 1 aromatic heterocycles. The number of aromatic carboxylic acids is 1. The van der Waals surface area contributed by atoms with Crippen LogP contribution in [0.15, 0.2) is 18.3 Å². The van der Waals surface area contributed by atoms with Gasteiger partial charge in [-0.25, -0.2) is 4.79 Å². The second-order valence-electron chi connectivity index (χ2n) is 4.46. The molecule has 1 amide bonds. The molecule has 1 aromatic rings. The lowest BCUT2D eigenvalue weighted by Crippen LogP contribution is -2.48. The zero-order valence-corrected chi connectivity index (χ0v) is 10.6. The monoisotopic (exact) mass is 264 g/mol. The molecule has 102 valence electrons. The molecule has 0 spiro atoms. The molecule has 19 heavy (non-hydrogen) atoms. The minimum Gasteiger partial charge on any atom is -0.478 e. The van der Waals surface area contributed by atoms with E-state index in [0.29, 0.717) is 6.61 Å². The highest BCUT2D eigenvalue weighted by Crippen LogP contribution is 2.23. The van der Waals surface area contributed by atoms with E-state index in [2.05, 4.69) is 10.3 Å². The van der Waals surface area contributed by atoms with Crippen LogP contribution in [0.2, 0.25) is 0 Å². The van der Waals surface area contributed by atoms with Gasteiger partial charge in [0.1, 0.15) is 5.69 Å². The van der Waals surface area contributed by atoms with E-state index >= 15 is 0 Å². The molecule has 1 saturated carbocycles. The van der Waals surface area contributed by atoms with Gasteiger partial charge in [-0.15, -0.1) is 0 Å². The summed E-state index contributed by atoms with van der Waals surface area (Å²) in [7, 11) is 0. The van der Waals surface area contributed by atoms with E-state index < -0.39 is 5.97 Å². The fourth-order valence-electron chi connectivity index (χ4n) is 1.97. The highest BCUT2D eigenvalue weighted by Gasteiger charge is 2.31. The average Bonchev–Trinajstić information content (AvgIpc) is 2.36. The van der Waals surface area contributed by atoms with Gasteiger partial charge >= 0.3 is 5.97 Å². The number of rotatable bonds is 5. The molecule has 0 aromatic carbocycles. The van der Waals surface area contributed by atoms with Crippen molar-refractivity contribution in [3.63, 3.8) is 0 Å². The Morgan fingerprint density at radius 3 is 2.74 bits per heavy atom. The first-order chi connectivity index (χ1) is 9.10. The Hall–Kier alpha value is -1.95. The first-order valence-electron chi connectivity index (χ1n) is 6.22. The molecule has 2 N–H and O–H groups in total. The van der Waals surface area contributed by atoms with Crippen LogP contribution in [-0.4, -0.2) is 40.7 Å². The average molecular weight is 264 g/mol. The van der Waals surface area contributed by atoms with Crippen LogP contribution in [0.1, 0.15) is 40.6 Å². The van der Waals surface area contributed by atoms with Gasteiger partial charge in [0.15, 0.2) is 0 Å². The highest BCUT2D eigenvalue weighted by atomic mass is 16.5. The fraction of sp³-hybridized carbons (Fsp3) is 0.462. The van der Waals surface area contributed by atoms with Crippen molar-refractivity contribution in [2.75, 3.05) is 6.61 Å². The lowest BCUT2D eigenvalue weighted by atomic mass is 9.89. The van der Waals surface area contributed by atoms with Crippen LogP contribution < -0.4 is 5.32 Å². The summed E-state index contributed by atoms with van der Waals surface area (Å²) in [5.74, 6) is -1.34. The van der Waals surface area contributed by atoms with Crippen molar-refractivity contribution in [1.29, 1.82) is 0 Å². The lowest BCUT2D eigenvalue weighted by Gasteiger charge is -2.35. The minimum atomic E-state index is -1.06. The lowest BCUT2D eigenvalue weighted by molar-refractivity contribution is -0.00867. The smallest absolute Gasteiger partial charge is 0.337 e. The molecule has 0 bridgehead atoms. The van der Waals surface area contributed by atoms with E-state index in [1.165, 1.54) is 18.3 Å². The van der Waals surface area contributed by atoms with Crippen LogP contribution in [-0.2, 0) is 4.74 Å². The number of carbonyl (C=O) groups excluding carboxylic acids is 1. The molecule has 6 nitrogen and oxygen atoms in total. The number of amides is 1. The van der Waals surface area contributed by atoms with Gasteiger partial charge in [0.25, 0.3) is 5.91 Å². The van der Waals surface area contributed by atoms with Gasteiger partial charge < -0.3 is 15.2 Å². The molecule has 2 rings (SSSR count). The van der Waals surface area contributed by atoms with Gasteiger partial charge in [-0.1, -0.05) is 0 Å². The predicted molar refractivity (Wildman–Crippen MR) is 67.1 cm³/mol. The number of nitrogens with zero attached hydrogens (tertiary/aromatic N) is 1. The van der Waals surface area contributed by atoms with E-state index in [9.17, 15) is 9.59 Å². The molecule has 0 atom stereocenters. The van der Waals surface area contributed by atoms with E-state index in [1.54, 1.807) is 0 Å². The summed E-state index contributed by atoms with van der Waals surface area (Å²) >= 11 is 0. The number of ether oxygens (including phenoxy) is 1. The molecule has 0 unspecified atom stereocenters. The maximum atomic E-state index is 11.8. The molecule has 1 aliphatic rings. The maximum absolute atomic E-state index is 11.8. The van der Waals surface area contributed by atoms with Crippen molar-refractivity contribution in [2.24, 2.45) is 0 Å². The third kappa shape index (κ3) is 3.29. The zero-order valence-electron chi connectivity index (χ0n) is 10.6. The Bertz CT molecular complexity index is 466. The van der Waals surface area contributed by atoms with E-state index in [0.717, 1.165) is 12.8 Å². The molecular formula is C13H16N2O4. The summed E-state index contributed by atoms with van der Waals surface area (Å²) in [5.41, 5.74) is 0.293. The Balaban J connectivity index is 1.85. The largest absolute Gasteiger partial charge is 0.478 e. The van der Waals surface area contributed by atoms with Crippen molar-refractivity contribution in [3.05, 3.63) is 29.6 Å². The Morgan fingerprint density at radius 1 is 1.47 bits per heavy atom. The summed E-state index contributed by atoms with van der Waals surface area (Å²) < 4.78 is 5.41. The third-order valence-corrected chi connectivity index (χ3v) is 3.08. The number of hydrogen-bond acceptors (Lipinski definition) is 4. The van der Waals surface area contributed by atoms with E-state index in [4.69, 9.17) is 9.84 Å². The molecule has 1 heterocycles. The number of carbonyl (C=O) groups is 2. The summed E-state index contributed by atoms with van der Waals surface area (Å²) in [5, 5.41) is 11.6. The topological polar surface area (TPSA) is 88.5 Å². The Morgan fingerprint density at radius 2 is 2.21 bits per heavy atom. The summed E-state index contributed by atoms with van der Waals surface area (Å²) in [4.78, 5) is 26.3. The number of pyridine rings is 1. The van der Waals surface area contributed by atoms with Crippen LogP contribution in [0.5, 0.6) is 0 Å². The van der Waals surface area contributed by atoms with Crippen molar-refractivity contribution in [1.82, 2.24) is 10.3 Å². The highest BCUT2D eigenvalue weighted by molar-refractivity contribution is 5.93. The zero-order chi connectivity index (χ0) is 13.8. The second-order valence-corrected chi connectivity index (χ2v) is 4.46. The summed E-state index contributed by atoms with van der Waals surface area (Å²) in [6.45, 7) is 2.63. The van der Waals surface area contributed by atoms with E-state index in [-0.39, 0.29) is 29.3 Å². The standard InChI is InChI=1S/C13H16N2O4/c1-2-19-10-5-9(6-10)15-12(16)11-4-3-8(7-14-11)13(17)18/h3-4,7,9-10H,2,5-6H2,1H3,(H,15,16)(H,17,18). The van der Waals surface area contributed by atoms with Crippen LogP contribution in [0, 0.1) is 0 Å². The van der Waals surface area contributed by atoms with Crippen molar-refractivity contribution in [3.8, 4) is 0 Å². The van der Waals surface area contributed by atoms with Crippen molar-refractivity contribution >= 4 is 11.9 Å². The van der Waals surface area contributed by atoms with Gasteiger partial charge in [0.2, 0.25) is 0 Å². The maximum Gasteiger partial charge on any atom is 0.337 e. The van der Waals surface area contributed by atoms with Crippen molar-refractivity contribution in [2.45, 2.75) is 31.9 Å². The molecule has 0 saturated heterocycles. The molecule has 1 aliphatic carbocycles. The van der Waals surface area contributed by atoms with E-state index in [1.807, 2.05) is 6.92 Å². The van der Waals surface area contributed by atoms with Crippen LogP contribution in [0.4, 0.5) is 0 Å². The molecule has 6 heteroatoms. The Kier molecular flexibility index (Phi) is 4.11. The molecular weight excluding hydrogens is 248 g/mol. The number of nitrogens with one attached hydrogen (secondary N) is 1. The normalized spacial score (nSPS) is 21.5. The first-order valence-corrected chi connectivity index (χ1v) is 6.22. The second kappa shape index (κ2) is 5.79. The van der Waals surface area contributed by atoms with Crippen LogP contribution in [0.25, 0.3) is 0 Å². The summed E-state index contributed by atoms with van der Waals surface area (Å²) in [6, 6.07) is 2.90. The van der Waals surface area contributed by atoms with Gasteiger partial charge in [-0.2, -0.15) is 0 Å². The number of carboxylic acid groups (broad SMARTS) is 1. The van der Waals surface area contributed by atoms with Crippen molar-refractivity contribution < 1.29 is 19.4 Å². The van der Waals surface area contributed by atoms with Gasteiger partial charge in [-0.3, -0.25) is 9.78 Å². The SMILES string of the molecule is CCOC1CC(NC(=O)c2ccc(C(=O)O)cn2)C1. The number of hydrogen-bond donors (Lipinski definition) is 2. The quantitative estimate of drug-likeness (QED) is 0.830. The molecule has 0 aliphatic heterocycles. The molecule has 0 radical (unpaired) electrons. The first kappa shape index (κ1) is 13.5. The Labute approximate surface area is 110 Å². The third-order valence-electron chi connectivity index (χ3n) is 3.08. The van der Waals surface area contributed by atoms with Gasteiger partial charge in [0.05, 0.1) is 11.7 Å².